The SMILES string of the molecule is O=C(NC1CCCCC1)N1C[C@@H]2C[C@H](C1)c1ccc(-c3cc4ccccc4s3)c(=O)n1C2. The van der Waals surface area contributed by atoms with Crippen LogP contribution in [0.5, 0.6) is 0 Å². The van der Waals surface area contributed by atoms with E-state index in [0.29, 0.717) is 25.0 Å². The van der Waals surface area contributed by atoms with Crippen LogP contribution in [0.4, 0.5) is 4.79 Å². The molecule has 0 unspecified atom stereocenters. The van der Waals surface area contributed by atoms with Crippen molar-refractivity contribution in [2.24, 2.45) is 5.92 Å². The van der Waals surface area contributed by atoms with Gasteiger partial charge in [0.2, 0.25) is 0 Å². The molecule has 2 aromatic heterocycles. The molecule has 2 bridgehead atoms. The van der Waals surface area contributed by atoms with E-state index in [1.54, 1.807) is 11.3 Å². The Balaban J connectivity index is 1.25. The summed E-state index contributed by atoms with van der Waals surface area (Å²) >= 11 is 1.68. The lowest BCUT2D eigenvalue weighted by Gasteiger charge is -2.43. The highest BCUT2D eigenvalue weighted by Gasteiger charge is 2.37. The van der Waals surface area contributed by atoms with Gasteiger partial charge in [0, 0.05) is 46.9 Å². The molecule has 5 nitrogen and oxygen atoms in total. The third-order valence-electron chi connectivity index (χ3n) is 7.52. The zero-order chi connectivity index (χ0) is 21.7. The van der Waals surface area contributed by atoms with Crippen molar-refractivity contribution in [3.8, 4) is 10.4 Å². The monoisotopic (exact) mass is 447 g/mol. The van der Waals surface area contributed by atoms with Crippen LogP contribution in [0.25, 0.3) is 20.5 Å². The molecular formula is C26H29N3O2S. The number of pyridine rings is 1. The Kier molecular flexibility index (Phi) is 5.05. The number of benzene rings is 1. The second-order valence-electron chi connectivity index (χ2n) is 9.72. The van der Waals surface area contributed by atoms with Crippen LogP contribution in [0.1, 0.15) is 50.1 Å². The van der Waals surface area contributed by atoms with E-state index in [1.807, 2.05) is 27.7 Å². The van der Waals surface area contributed by atoms with Gasteiger partial charge in [-0.25, -0.2) is 4.79 Å². The van der Waals surface area contributed by atoms with Crippen molar-refractivity contribution in [1.82, 2.24) is 14.8 Å². The van der Waals surface area contributed by atoms with Crippen LogP contribution in [0, 0.1) is 5.92 Å². The Labute approximate surface area is 192 Å². The predicted octanol–water partition coefficient (Wildman–Crippen LogP) is 5.19. The molecule has 1 saturated carbocycles. The van der Waals surface area contributed by atoms with Gasteiger partial charge in [0.1, 0.15) is 0 Å². The maximum Gasteiger partial charge on any atom is 0.317 e. The van der Waals surface area contributed by atoms with Gasteiger partial charge in [-0.1, -0.05) is 37.5 Å². The van der Waals surface area contributed by atoms with E-state index in [2.05, 4.69) is 29.6 Å². The van der Waals surface area contributed by atoms with Crippen molar-refractivity contribution in [3.05, 3.63) is 58.5 Å². The number of hydrogen-bond acceptors (Lipinski definition) is 3. The molecule has 1 N–H and O–H groups in total. The van der Waals surface area contributed by atoms with Crippen molar-refractivity contribution in [2.75, 3.05) is 13.1 Å². The number of aromatic nitrogens is 1. The molecular weight excluding hydrogens is 418 g/mol. The zero-order valence-electron chi connectivity index (χ0n) is 18.3. The summed E-state index contributed by atoms with van der Waals surface area (Å²) in [4.78, 5) is 29.5. The van der Waals surface area contributed by atoms with E-state index in [1.165, 1.54) is 29.3 Å². The molecule has 6 rings (SSSR count). The predicted molar refractivity (Wildman–Crippen MR) is 129 cm³/mol. The molecule has 0 spiro atoms. The Hall–Kier alpha value is -2.60. The zero-order valence-corrected chi connectivity index (χ0v) is 19.1. The number of amides is 2. The van der Waals surface area contributed by atoms with Crippen LogP contribution in [0.15, 0.2) is 47.3 Å². The molecule has 2 amide bonds. The Bertz CT molecular complexity index is 1190. The first-order chi connectivity index (χ1) is 15.7. The maximum atomic E-state index is 13.5. The first-order valence-electron chi connectivity index (χ1n) is 11.9. The number of piperidine rings is 1. The van der Waals surface area contributed by atoms with Crippen LogP contribution in [-0.4, -0.2) is 34.6 Å². The molecule has 166 valence electrons. The lowest BCUT2D eigenvalue weighted by atomic mass is 9.83. The Morgan fingerprint density at radius 1 is 1.00 bits per heavy atom. The normalized spacial score (nSPS) is 23.2. The highest BCUT2D eigenvalue weighted by molar-refractivity contribution is 7.22. The Morgan fingerprint density at radius 3 is 2.69 bits per heavy atom. The quantitative estimate of drug-likeness (QED) is 0.588. The topological polar surface area (TPSA) is 54.3 Å². The molecule has 6 heteroatoms. The maximum absolute atomic E-state index is 13.5. The van der Waals surface area contributed by atoms with Gasteiger partial charge in [-0.2, -0.15) is 0 Å². The van der Waals surface area contributed by atoms with Crippen molar-refractivity contribution in [1.29, 1.82) is 0 Å². The average Bonchev–Trinajstić information content (AvgIpc) is 3.24. The highest BCUT2D eigenvalue weighted by atomic mass is 32.1. The van der Waals surface area contributed by atoms with Crippen LogP contribution in [0.2, 0.25) is 0 Å². The summed E-state index contributed by atoms with van der Waals surface area (Å²) in [6.45, 7) is 2.15. The lowest BCUT2D eigenvalue weighted by Crippen LogP contribution is -2.53. The van der Waals surface area contributed by atoms with E-state index in [0.717, 1.165) is 41.9 Å². The number of nitrogens with one attached hydrogen (secondary N) is 1. The summed E-state index contributed by atoms with van der Waals surface area (Å²) in [5, 5.41) is 4.46. The summed E-state index contributed by atoms with van der Waals surface area (Å²) in [6.07, 6.45) is 6.99. The largest absolute Gasteiger partial charge is 0.335 e. The van der Waals surface area contributed by atoms with E-state index in [9.17, 15) is 9.59 Å². The van der Waals surface area contributed by atoms with E-state index < -0.39 is 0 Å². The van der Waals surface area contributed by atoms with Crippen molar-refractivity contribution < 1.29 is 4.79 Å². The van der Waals surface area contributed by atoms with Crippen LogP contribution in [0.3, 0.4) is 0 Å². The smallest absolute Gasteiger partial charge is 0.317 e. The van der Waals surface area contributed by atoms with E-state index in [4.69, 9.17) is 0 Å². The van der Waals surface area contributed by atoms with Gasteiger partial charge in [0.25, 0.3) is 5.56 Å². The molecule has 2 aliphatic heterocycles. The molecule has 0 radical (unpaired) electrons. The number of carbonyl (C=O) groups excluding carboxylic acids is 1. The van der Waals surface area contributed by atoms with Gasteiger partial charge < -0.3 is 14.8 Å². The van der Waals surface area contributed by atoms with Crippen LogP contribution >= 0.6 is 11.3 Å². The van der Waals surface area contributed by atoms with Gasteiger partial charge in [-0.3, -0.25) is 4.79 Å². The van der Waals surface area contributed by atoms with E-state index >= 15 is 0 Å². The van der Waals surface area contributed by atoms with Crippen LogP contribution in [-0.2, 0) is 6.54 Å². The molecule has 4 heterocycles. The summed E-state index contributed by atoms with van der Waals surface area (Å²) in [7, 11) is 0. The Morgan fingerprint density at radius 2 is 1.84 bits per heavy atom. The second-order valence-corrected chi connectivity index (χ2v) is 10.8. The molecule has 2 fully saturated rings. The molecule has 1 aliphatic carbocycles. The summed E-state index contributed by atoms with van der Waals surface area (Å²) in [6, 6.07) is 15.0. The number of nitrogens with zero attached hydrogens (tertiary/aromatic N) is 2. The molecule has 2 atom stereocenters. The van der Waals surface area contributed by atoms with Gasteiger partial charge in [0.15, 0.2) is 0 Å². The summed E-state index contributed by atoms with van der Waals surface area (Å²) in [5.41, 5.74) is 2.00. The molecule has 1 saturated heterocycles. The lowest BCUT2D eigenvalue weighted by molar-refractivity contribution is 0.127. The van der Waals surface area contributed by atoms with Crippen molar-refractivity contribution in [3.63, 3.8) is 0 Å². The fourth-order valence-corrected chi connectivity index (χ4v) is 7.01. The number of rotatable bonds is 2. The fourth-order valence-electron chi connectivity index (χ4n) is 5.93. The summed E-state index contributed by atoms with van der Waals surface area (Å²) in [5.74, 6) is 0.581. The fraction of sp³-hybridized carbons (Fsp3) is 0.462. The van der Waals surface area contributed by atoms with Crippen LogP contribution < -0.4 is 10.9 Å². The molecule has 3 aliphatic rings. The molecule has 32 heavy (non-hydrogen) atoms. The first-order valence-corrected chi connectivity index (χ1v) is 12.8. The third kappa shape index (κ3) is 3.54. The van der Waals surface area contributed by atoms with Gasteiger partial charge in [-0.15, -0.1) is 11.3 Å². The third-order valence-corrected chi connectivity index (χ3v) is 8.66. The number of carbonyl (C=O) groups is 1. The second kappa shape index (κ2) is 8.07. The van der Waals surface area contributed by atoms with Gasteiger partial charge in [0.05, 0.1) is 5.56 Å². The number of hydrogen-bond donors (Lipinski definition) is 1. The van der Waals surface area contributed by atoms with Gasteiger partial charge in [-0.05, 0) is 54.8 Å². The molecule has 3 aromatic rings. The van der Waals surface area contributed by atoms with E-state index in [-0.39, 0.29) is 17.5 Å². The average molecular weight is 448 g/mol. The van der Waals surface area contributed by atoms with Crippen molar-refractivity contribution >= 4 is 27.5 Å². The summed E-state index contributed by atoms with van der Waals surface area (Å²) < 4.78 is 3.20. The number of urea groups is 1. The standard InChI is InChI=1S/C26H29N3O2S/c30-25-21(24-13-18-6-4-5-9-23(18)32-24)10-11-22-19-12-17(15-29(22)25)14-28(16-19)26(31)27-20-7-2-1-3-8-20/h4-6,9-11,13,17,19-20H,1-3,7-8,12,14-16H2,(H,27,31)/t17-,19+/m0/s1. The number of fused-ring (bicyclic) bond motifs is 5. The number of thiophene rings is 1. The highest BCUT2D eigenvalue weighted by Crippen LogP contribution is 2.37. The first kappa shape index (κ1) is 20.0. The van der Waals surface area contributed by atoms with Gasteiger partial charge >= 0.3 is 6.03 Å². The molecule has 1 aromatic carbocycles. The number of likely N-dealkylation sites (tertiary alicyclic amines) is 1. The minimum atomic E-state index is 0.0873. The van der Waals surface area contributed by atoms with Crippen molar-refractivity contribution in [2.45, 2.75) is 57.0 Å². The minimum Gasteiger partial charge on any atom is -0.335 e. The minimum absolute atomic E-state index is 0.0873.